The molecule has 0 aromatic heterocycles. The predicted octanol–water partition coefficient (Wildman–Crippen LogP) is 5.50. The summed E-state index contributed by atoms with van der Waals surface area (Å²) in [5.74, 6) is 0.770. The molecule has 1 atom stereocenters. The number of ether oxygens (including phenoxy) is 3. The second-order valence-electron chi connectivity index (χ2n) is 6.53. The van der Waals surface area contributed by atoms with Gasteiger partial charge in [0, 0.05) is 5.56 Å². The van der Waals surface area contributed by atoms with Gasteiger partial charge in [-0.05, 0) is 37.1 Å². The fourth-order valence-electron chi connectivity index (χ4n) is 2.89. The van der Waals surface area contributed by atoms with E-state index in [1.54, 1.807) is 12.1 Å². The summed E-state index contributed by atoms with van der Waals surface area (Å²) in [5, 5.41) is 0. The van der Waals surface area contributed by atoms with Crippen LogP contribution in [0.4, 0.5) is 0 Å². The Morgan fingerprint density at radius 3 is 2.18 bits per heavy atom. The van der Waals surface area contributed by atoms with E-state index in [1.807, 2.05) is 74.5 Å². The highest BCUT2D eigenvalue weighted by molar-refractivity contribution is 5.90. The molecule has 4 nitrogen and oxygen atoms in total. The van der Waals surface area contributed by atoms with Gasteiger partial charge in [-0.25, -0.2) is 4.79 Å². The van der Waals surface area contributed by atoms with E-state index in [2.05, 4.69) is 0 Å². The lowest BCUT2D eigenvalue weighted by atomic mass is 10.1. The first-order chi connectivity index (χ1) is 13.6. The topological polar surface area (TPSA) is 44.8 Å². The second-order valence-corrected chi connectivity index (χ2v) is 6.53. The Morgan fingerprint density at radius 2 is 1.54 bits per heavy atom. The van der Waals surface area contributed by atoms with E-state index < -0.39 is 5.97 Å². The summed E-state index contributed by atoms with van der Waals surface area (Å²) in [6, 6.07) is 23.2. The van der Waals surface area contributed by atoms with Crippen molar-refractivity contribution in [2.24, 2.45) is 0 Å². The standard InChI is InChI=1S/C24H24O4/c1-17-22(27-16-19-10-6-4-7-11-19)14-21(24(25)26-3)15-23(17)28-18(2)20-12-8-5-9-13-20/h4-15,18H,16H2,1-3H3. The predicted molar refractivity (Wildman–Crippen MR) is 109 cm³/mol. The Bertz CT molecular complexity index is 920. The maximum Gasteiger partial charge on any atom is 0.338 e. The molecule has 0 amide bonds. The van der Waals surface area contributed by atoms with E-state index in [-0.39, 0.29) is 6.10 Å². The first-order valence-electron chi connectivity index (χ1n) is 9.19. The van der Waals surface area contributed by atoms with Crippen LogP contribution in [0.3, 0.4) is 0 Å². The molecular weight excluding hydrogens is 352 g/mol. The van der Waals surface area contributed by atoms with Gasteiger partial charge in [-0.3, -0.25) is 0 Å². The van der Waals surface area contributed by atoms with Gasteiger partial charge in [-0.15, -0.1) is 0 Å². The van der Waals surface area contributed by atoms with Gasteiger partial charge in [0.15, 0.2) is 0 Å². The first kappa shape index (κ1) is 19.5. The van der Waals surface area contributed by atoms with Crippen LogP contribution in [0.15, 0.2) is 72.8 Å². The number of benzene rings is 3. The minimum atomic E-state index is -0.429. The quantitative estimate of drug-likeness (QED) is 0.511. The van der Waals surface area contributed by atoms with Crippen LogP contribution in [0.1, 0.15) is 40.1 Å². The first-order valence-corrected chi connectivity index (χ1v) is 9.19. The smallest absolute Gasteiger partial charge is 0.338 e. The van der Waals surface area contributed by atoms with Crippen molar-refractivity contribution < 1.29 is 19.0 Å². The maximum absolute atomic E-state index is 12.1. The van der Waals surface area contributed by atoms with E-state index in [9.17, 15) is 4.79 Å². The fraction of sp³-hybridized carbons (Fsp3) is 0.208. The minimum Gasteiger partial charge on any atom is -0.488 e. The van der Waals surface area contributed by atoms with Gasteiger partial charge in [0.2, 0.25) is 0 Å². The van der Waals surface area contributed by atoms with Crippen molar-refractivity contribution in [3.8, 4) is 11.5 Å². The van der Waals surface area contributed by atoms with E-state index in [4.69, 9.17) is 14.2 Å². The molecule has 0 spiro atoms. The Kier molecular flexibility index (Phi) is 6.33. The molecule has 4 heteroatoms. The van der Waals surface area contributed by atoms with Gasteiger partial charge in [-0.2, -0.15) is 0 Å². The van der Waals surface area contributed by atoms with Crippen LogP contribution < -0.4 is 9.47 Å². The summed E-state index contributed by atoms with van der Waals surface area (Å²) in [4.78, 5) is 12.1. The van der Waals surface area contributed by atoms with Crippen LogP contribution in [-0.4, -0.2) is 13.1 Å². The molecule has 144 valence electrons. The lowest BCUT2D eigenvalue weighted by Gasteiger charge is -2.20. The van der Waals surface area contributed by atoms with Crippen molar-refractivity contribution in [1.82, 2.24) is 0 Å². The third kappa shape index (κ3) is 4.71. The lowest BCUT2D eigenvalue weighted by molar-refractivity contribution is 0.0599. The summed E-state index contributed by atoms with van der Waals surface area (Å²) in [6.45, 7) is 4.30. The van der Waals surface area contributed by atoms with Crippen molar-refractivity contribution in [1.29, 1.82) is 0 Å². The van der Waals surface area contributed by atoms with E-state index >= 15 is 0 Å². The molecule has 0 fully saturated rings. The van der Waals surface area contributed by atoms with Crippen molar-refractivity contribution in [3.63, 3.8) is 0 Å². The Morgan fingerprint density at radius 1 is 0.929 bits per heavy atom. The second kappa shape index (κ2) is 9.09. The number of carbonyl (C=O) groups excluding carboxylic acids is 1. The number of hydrogen-bond donors (Lipinski definition) is 0. The Balaban J connectivity index is 1.88. The molecule has 28 heavy (non-hydrogen) atoms. The molecule has 3 aromatic carbocycles. The molecule has 0 saturated heterocycles. The monoisotopic (exact) mass is 376 g/mol. The van der Waals surface area contributed by atoms with Gasteiger partial charge in [0.05, 0.1) is 12.7 Å². The van der Waals surface area contributed by atoms with Gasteiger partial charge < -0.3 is 14.2 Å². The van der Waals surface area contributed by atoms with Crippen LogP contribution in [0, 0.1) is 6.92 Å². The molecular formula is C24H24O4. The molecule has 0 aliphatic heterocycles. The Hall–Kier alpha value is -3.27. The third-order valence-corrected chi connectivity index (χ3v) is 4.54. The highest BCUT2D eigenvalue weighted by atomic mass is 16.5. The highest BCUT2D eigenvalue weighted by Gasteiger charge is 2.17. The lowest BCUT2D eigenvalue weighted by Crippen LogP contribution is -2.08. The normalized spacial score (nSPS) is 11.5. The Labute approximate surface area is 165 Å². The molecule has 0 aliphatic carbocycles. The number of carbonyl (C=O) groups is 1. The largest absolute Gasteiger partial charge is 0.488 e. The zero-order valence-electron chi connectivity index (χ0n) is 16.3. The zero-order chi connectivity index (χ0) is 19.9. The van der Waals surface area contributed by atoms with Crippen molar-refractivity contribution in [3.05, 3.63) is 95.1 Å². The number of methoxy groups -OCH3 is 1. The average Bonchev–Trinajstić information content (AvgIpc) is 2.75. The van der Waals surface area contributed by atoms with Crippen molar-refractivity contribution in [2.45, 2.75) is 26.6 Å². The molecule has 0 N–H and O–H groups in total. The van der Waals surface area contributed by atoms with E-state index in [0.29, 0.717) is 23.7 Å². The van der Waals surface area contributed by atoms with Crippen LogP contribution in [-0.2, 0) is 11.3 Å². The molecule has 0 bridgehead atoms. The number of rotatable bonds is 7. The van der Waals surface area contributed by atoms with Gasteiger partial charge in [-0.1, -0.05) is 60.7 Å². The fourth-order valence-corrected chi connectivity index (χ4v) is 2.89. The highest BCUT2D eigenvalue weighted by Crippen LogP contribution is 2.33. The summed E-state index contributed by atoms with van der Waals surface area (Å²) in [7, 11) is 1.36. The SMILES string of the molecule is COC(=O)c1cc(OCc2ccccc2)c(C)c(OC(C)c2ccccc2)c1. The van der Waals surface area contributed by atoms with Crippen LogP contribution in [0.25, 0.3) is 0 Å². The molecule has 1 unspecified atom stereocenters. The van der Waals surface area contributed by atoms with Crippen molar-refractivity contribution >= 4 is 5.97 Å². The molecule has 0 heterocycles. The summed E-state index contributed by atoms with van der Waals surface area (Å²) in [6.07, 6.45) is -0.172. The molecule has 0 radical (unpaired) electrons. The zero-order valence-corrected chi connectivity index (χ0v) is 16.3. The average molecular weight is 376 g/mol. The van der Waals surface area contributed by atoms with E-state index in [0.717, 1.165) is 16.7 Å². The summed E-state index contributed by atoms with van der Waals surface area (Å²) in [5.41, 5.74) is 3.33. The molecule has 0 saturated carbocycles. The molecule has 0 aliphatic rings. The number of esters is 1. The summed E-state index contributed by atoms with van der Waals surface area (Å²) < 4.78 is 17.1. The maximum atomic E-state index is 12.1. The minimum absolute atomic E-state index is 0.172. The van der Waals surface area contributed by atoms with Gasteiger partial charge >= 0.3 is 5.97 Å². The van der Waals surface area contributed by atoms with E-state index in [1.165, 1.54) is 7.11 Å². The van der Waals surface area contributed by atoms with Crippen LogP contribution in [0.5, 0.6) is 11.5 Å². The van der Waals surface area contributed by atoms with Crippen molar-refractivity contribution in [2.75, 3.05) is 7.11 Å². The third-order valence-electron chi connectivity index (χ3n) is 4.54. The van der Waals surface area contributed by atoms with Crippen LogP contribution >= 0.6 is 0 Å². The molecule has 3 rings (SSSR count). The van der Waals surface area contributed by atoms with Gasteiger partial charge in [0.25, 0.3) is 0 Å². The van der Waals surface area contributed by atoms with Gasteiger partial charge in [0.1, 0.15) is 24.2 Å². The number of hydrogen-bond acceptors (Lipinski definition) is 4. The summed E-state index contributed by atoms with van der Waals surface area (Å²) >= 11 is 0. The molecule has 3 aromatic rings. The van der Waals surface area contributed by atoms with Crippen LogP contribution in [0.2, 0.25) is 0 Å².